The maximum Gasteiger partial charge on any atom is 1.00 e. The van der Waals surface area contributed by atoms with Crippen molar-refractivity contribution in [3.8, 4) is 5.75 Å². The zero-order valence-corrected chi connectivity index (χ0v) is 39.6. The first-order chi connectivity index (χ1) is 27.0. The molecule has 1 saturated heterocycles. The number of aliphatic carboxylic acids is 1. The summed E-state index contributed by atoms with van der Waals surface area (Å²) in [7, 11) is 2.90. The molecule has 9 N–H and O–H groups in total. The number of phenolic OH excluding ortho intramolecular Hbond substituents is 1. The Bertz CT molecular complexity index is 1360. The molecule has 0 aromatic heterocycles. The van der Waals surface area contributed by atoms with E-state index in [1.165, 1.54) is 85.1 Å². The molecule has 2 rings (SSSR count). The molecule has 0 aliphatic carbocycles. The number of unbranched alkanes of at least 4 members (excludes halogenated alkanes) is 14. The van der Waals surface area contributed by atoms with Gasteiger partial charge in [0.1, 0.15) is 11.5 Å². The number of amides is 2. The fourth-order valence-electron chi connectivity index (χ4n) is 6.78. The molecule has 1 fully saturated rings. The Kier molecular flexibility index (Phi) is 34.5. The molecule has 0 radical (unpaired) electrons. The van der Waals surface area contributed by atoms with Crippen LogP contribution in [0.4, 0.5) is 0 Å². The summed E-state index contributed by atoms with van der Waals surface area (Å²) in [6.45, 7) is 0.361. The number of nitrogens with two attached hydrogens (primary N) is 2. The SMILES string of the molecule is [HH].[HH].[K+].[NH-][C@H]1CSSC[C@@H](C(=O)CN[C@@H](CCCCNC(=O)CCCCCCCCCCCCCCCCC(=O)O)C(=O)C[C@@H](Cc2ccc(O)cc2)C(N)=O)CC1=O.[NH2-]. The Balaban J connectivity index is -0.00000812. The molecule has 1 aromatic rings. The van der Waals surface area contributed by atoms with Gasteiger partial charge in [-0.2, -0.15) is 0 Å². The number of primary amides is 1. The number of hydrogen-bond donors (Lipinski definition) is 5. The van der Waals surface area contributed by atoms with Crippen LogP contribution in [0.3, 0.4) is 0 Å². The normalized spacial score (nSPS) is 16.5. The van der Waals surface area contributed by atoms with Crippen molar-refractivity contribution < 1.29 is 93.2 Å². The number of nitrogens with one attached hydrogen (secondary N) is 3. The second kappa shape index (κ2) is 35.3. The van der Waals surface area contributed by atoms with E-state index >= 15 is 0 Å². The number of rotatable bonds is 32. The van der Waals surface area contributed by atoms with Gasteiger partial charge in [0, 0.05) is 52.7 Å². The molecule has 0 saturated carbocycles. The fraction of sp³-hybridized carbons (Fsp3) is 0.714. The van der Waals surface area contributed by atoms with Crippen LogP contribution >= 0.6 is 21.6 Å². The third kappa shape index (κ3) is 27.5. The van der Waals surface area contributed by atoms with Crippen LogP contribution in [-0.4, -0.2) is 82.0 Å². The molecule has 16 heteroatoms. The van der Waals surface area contributed by atoms with Gasteiger partial charge in [-0.1, -0.05) is 117 Å². The van der Waals surface area contributed by atoms with Crippen molar-refractivity contribution in [1.82, 2.24) is 10.6 Å². The van der Waals surface area contributed by atoms with Crippen LogP contribution in [0.15, 0.2) is 24.3 Å². The van der Waals surface area contributed by atoms with Crippen LogP contribution in [0.2, 0.25) is 0 Å². The van der Waals surface area contributed by atoms with Crippen LogP contribution < -0.4 is 67.8 Å². The van der Waals surface area contributed by atoms with Crippen molar-refractivity contribution in [3.63, 3.8) is 0 Å². The van der Waals surface area contributed by atoms with Gasteiger partial charge in [-0.05, 0) is 62.0 Å². The van der Waals surface area contributed by atoms with Gasteiger partial charge < -0.3 is 43.3 Å². The van der Waals surface area contributed by atoms with Crippen molar-refractivity contribution >= 4 is 56.7 Å². The summed E-state index contributed by atoms with van der Waals surface area (Å²) >= 11 is 0. The number of carboxylic acids is 1. The van der Waals surface area contributed by atoms with Crippen LogP contribution in [-0.2, 0) is 35.2 Å². The van der Waals surface area contributed by atoms with Crippen LogP contribution in [0.25, 0.3) is 11.9 Å². The molecule has 13 nitrogen and oxygen atoms in total. The molecule has 0 unspecified atom stereocenters. The average Bonchev–Trinajstić information content (AvgIpc) is 3.16. The molecule has 0 spiro atoms. The van der Waals surface area contributed by atoms with E-state index in [0.29, 0.717) is 43.7 Å². The zero-order valence-electron chi connectivity index (χ0n) is 34.8. The van der Waals surface area contributed by atoms with Gasteiger partial charge in [-0.3, -0.25) is 24.0 Å². The van der Waals surface area contributed by atoms with Gasteiger partial charge in [0.25, 0.3) is 0 Å². The van der Waals surface area contributed by atoms with E-state index in [-0.39, 0.29) is 122 Å². The molecule has 0 bridgehead atoms. The Hall–Kier alpha value is -1.34. The molecule has 4 atom stereocenters. The van der Waals surface area contributed by atoms with Gasteiger partial charge in [0.05, 0.1) is 12.6 Å². The topological polar surface area (TPSA) is 250 Å². The first-order valence-electron chi connectivity index (χ1n) is 20.8. The van der Waals surface area contributed by atoms with Crippen molar-refractivity contribution in [3.05, 3.63) is 41.7 Å². The minimum Gasteiger partial charge on any atom is -0.693 e. The van der Waals surface area contributed by atoms with Crippen LogP contribution in [0, 0.1) is 11.8 Å². The molecule has 328 valence electrons. The molecule has 1 aromatic carbocycles. The maximum atomic E-state index is 13.6. The number of carboxylic acid groups (broad SMARTS) is 1. The number of Topliss-reactive ketones (excluding diaryl/α,β-unsaturated/α-hetero) is 3. The Morgan fingerprint density at radius 3 is 1.90 bits per heavy atom. The van der Waals surface area contributed by atoms with Crippen molar-refractivity contribution in [2.75, 3.05) is 24.6 Å². The van der Waals surface area contributed by atoms with E-state index in [2.05, 4.69) is 10.6 Å². The zero-order chi connectivity index (χ0) is 41.0. The first kappa shape index (κ1) is 56.7. The monoisotopic (exact) mass is 878 g/mol. The van der Waals surface area contributed by atoms with E-state index in [0.717, 1.165) is 44.1 Å². The van der Waals surface area contributed by atoms with Gasteiger partial charge in [-0.15, -0.1) is 0 Å². The third-order valence-electron chi connectivity index (χ3n) is 10.3. The van der Waals surface area contributed by atoms with E-state index in [4.69, 9.17) is 16.6 Å². The smallest absolute Gasteiger partial charge is 0.693 e. The summed E-state index contributed by atoms with van der Waals surface area (Å²) in [6, 6.07) is 4.80. The minimum absolute atomic E-state index is 0. The number of phenols is 1. The van der Waals surface area contributed by atoms with Gasteiger partial charge in [-0.25, -0.2) is 0 Å². The van der Waals surface area contributed by atoms with E-state index in [9.17, 15) is 33.9 Å². The summed E-state index contributed by atoms with van der Waals surface area (Å²) in [4.78, 5) is 74.5. The first-order valence-corrected chi connectivity index (χ1v) is 23.3. The molecule has 1 heterocycles. The van der Waals surface area contributed by atoms with Gasteiger partial charge in [0.2, 0.25) is 11.8 Å². The van der Waals surface area contributed by atoms with Gasteiger partial charge >= 0.3 is 57.4 Å². The quantitative estimate of drug-likeness (QED) is 0.0332. The predicted octanol–water partition coefficient (Wildman–Crippen LogP) is 5.74. The standard InChI is InChI=1S/C42H67N4O8S2.K.H2N.2H2/c43-35-30-56-55-29-33(27-37(35)48)39(50)28-46-36(38(49)26-32(42(44)54)25-31-20-22-34(47)23-21-31)17-15-16-24-45-40(51)18-13-11-9-7-5-3-1-2-4-6-8-10-12-14-19-41(52)53;;;;/h20-23,32-33,35-36,43,46-47H,1-19,24-30H2,(H2,44,54)(H,45,51)(H,52,53);;1H2;2*1H/q-1;+1;-1;;/t32-,33+,35+,36+;;;;/m1..../s1. The number of hydrogen-bond acceptors (Lipinski definition) is 10. The molecule has 58 heavy (non-hydrogen) atoms. The van der Waals surface area contributed by atoms with Crippen LogP contribution in [0.5, 0.6) is 5.75 Å². The summed E-state index contributed by atoms with van der Waals surface area (Å²) in [5, 5.41) is 24.4. The van der Waals surface area contributed by atoms with E-state index in [1.807, 2.05) is 0 Å². The van der Waals surface area contributed by atoms with Crippen molar-refractivity contribution in [2.24, 2.45) is 17.6 Å². The third-order valence-corrected chi connectivity index (χ3v) is 12.8. The van der Waals surface area contributed by atoms with E-state index < -0.39 is 35.8 Å². The Morgan fingerprint density at radius 1 is 0.810 bits per heavy atom. The van der Waals surface area contributed by atoms with Crippen molar-refractivity contribution in [2.45, 2.75) is 153 Å². The Labute approximate surface area is 400 Å². The Morgan fingerprint density at radius 2 is 1.34 bits per heavy atom. The summed E-state index contributed by atoms with van der Waals surface area (Å²) in [5.41, 5.74) is 14.4. The number of ketones is 3. The number of carbonyl (C=O) groups is 6. The summed E-state index contributed by atoms with van der Waals surface area (Å²) in [6.07, 6.45) is 18.3. The number of benzene rings is 1. The van der Waals surface area contributed by atoms with Crippen molar-refractivity contribution in [1.29, 1.82) is 0 Å². The predicted molar refractivity (Wildman–Crippen MR) is 235 cm³/mol. The summed E-state index contributed by atoms with van der Waals surface area (Å²) < 4.78 is 0. The number of carbonyl (C=O) groups excluding carboxylic acids is 5. The fourth-order valence-corrected chi connectivity index (χ4v) is 9.24. The molecule has 1 aliphatic heterocycles. The minimum atomic E-state index is -0.853. The molecule has 2 amide bonds. The molecule has 1 aliphatic rings. The second-order valence-electron chi connectivity index (χ2n) is 15.2. The average molecular weight is 879 g/mol. The van der Waals surface area contributed by atoms with Crippen LogP contribution in [0.1, 0.15) is 143 Å². The second-order valence-corrected chi connectivity index (χ2v) is 17.8. The largest absolute Gasteiger partial charge is 1.00 e. The molecular weight excluding hydrogens is 806 g/mol. The van der Waals surface area contributed by atoms with E-state index in [1.54, 1.807) is 12.1 Å². The van der Waals surface area contributed by atoms with Gasteiger partial charge in [0.15, 0.2) is 11.6 Å². The summed E-state index contributed by atoms with van der Waals surface area (Å²) in [5.74, 6) is -2.35. The maximum absolute atomic E-state index is 13.6. The number of aromatic hydroxyl groups is 1. The molecular formula is C42H73KN5O8S2-.